The van der Waals surface area contributed by atoms with Crippen LogP contribution in [0.1, 0.15) is 16.2 Å². The Morgan fingerprint density at radius 3 is 2.57 bits per heavy atom. The molecule has 8 heteroatoms. The molecule has 5 nitrogen and oxygen atoms in total. The van der Waals surface area contributed by atoms with Gasteiger partial charge in [0.2, 0.25) is 5.82 Å². The summed E-state index contributed by atoms with van der Waals surface area (Å²) in [5.41, 5.74) is 2.68. The van der Waals surface area contributed by atoms with E-state index in [1.807, 2.05) is 25.1 Å². The number of nitrogens with one attached hydrogen (secondary N) is 1. The molecule has 0 fully saturated rings. The molecule has 0 saturated heterocycles. The van der Waals surface area contributed by atoms with Crippen molar-refractivity contribution in [2.45, 2.75) is 6.92 Å². The average Bonchev–Trinajstić information content (AvgIpc) is 3.16. The fourth-order valence-electron chi connectivity index (χ4n) is 2.94. The number of carbonyl (C=O) groups is 1. The lowest BCUT2D eigenvalue weighted by Gasteiger charge is -2.10. The Labute approximate surface area is 185 Å². The van der Waals surface area contributed by atoms with Gasteiger partial charge in [-0.25, -0.2) is 14.1 Å². The smallest absolute Gasteiger partial charge is 0.295 e. The first-order valence-electron chi connectivity index (χ1n) is 8.98. The number of benzene rings is 3. The monoisotopic (exact) mass is 484 g/mol. The van der Waals surface area contributed by atoms with E-state index in [2.05, 4.69) is 31.3 Å². The number of anilines is 1. The zero-order chi connectivity index (χ0) is 21.3. The average molecular weight is 486 g/mol. The second-order valence-electron chi connectivity index (χ2n) is 6.53. The van der Waals surface area contributed by atoms with Crippen molar-refractivity contribution in [3.05, 3.63) is 93.4 Å². The number of nitrogens with zero attached hydrogens (tertiary/aromatic N) is 3. The Bertz CT molecular complexity index is 1240. The van der Waals surface area contributed by atoms with Crippen LogP contribution < -0.4 is 5.32 Å². The van der Waals surface area contributed by atoms with Gasteiger partial charge in [-0.2, -0.15) is 0 Å². The molecule has 0 atom stereocenters. The summed E-state index contributed by atoms with van der Waals surface area (Å²) in [5, 5.41) is 7.78. The molecule has 0 bridgehead atoms. The van der Waals surface area contributed by atoms with E-state index >= 15 is 0 Å². The maximum atomic E-state index is 13.4. The van der Waals surface area contributed by atoms with Crippen LogP contribution in [0.25, 0.3) is 17.1 Å². The topological polar surface area (TPSA) is 59.8 Å². The summed E-state index contributed by atoms with van der Waals surface area (Å²) in [6, 6.07) is 18.5. The van der Waals surface area contributed by atoms with E-state index in [-0.39, 0.29) is 11.6 Å². The highest BCUT2D eigenvalue weighted by molar-refractivity contribution is 9.10. The summed E-state index contributed by atoms with van der Waals surface area (Å²) >= 11 is 9.66. The standard InChI is InChI=1S/C22H15BrClFN4O/c1-13-18(24)6-3-7-19(13)29-21(14-8-10-16(25)11-9-14)27-20(28-29)22(30)26-17-5-2-4-15(23)12-17/h2-12H,1H3,(H,26,30). The minimum atomic E-state index is -0.463. The third-order valence-corrected chi connectivity index (χ3v) is 5.37. The largest absolute Gasteiger partial charge is 0.319 e. The molecule has 4 rings (SSSR count). The third kappa shape index (κ3) is 4.13. The zero-order valence-electron chi connectivity index (χ0n) is 15.7. The molecule has 0 aliphatic heterocycles. The quantitative estimate of drug-likeness (QED) is 0.383. The van der Waals surface area contributed by atoms with E-state index in [9.17, 15) is 9.18 Å². The Kier molecular flexibility index (Phi) is 5.65. The highest BCUT2D eigenvalue weighted by Gasteiger charge is 2.20. The van der Waals surface area contributed by atoms with Gasteiger partial charge in [-0.1, -0.05) is 39.7 Å². The van der Waals surface area contributed by atoms with Crippen molar-refractivity contribution in [1.82, 2.24) is 14.8 Å². The molecule has 0 unspecified atom stereocenters. The van der Waals surface area contributed by atoms with Crippen LogP contribution in [0, 0.1) is 12.7 Å². The van der Waals surface area contributed by atoms with E-state index in [0.29, 0.717) is 27.8 Å². The molecule has 0 radical (unpaired) electrons. The molecule has 0 saturated carbocycles. The van der Waals surface area contributed by atoms with Crippen molar-refractivity contribution in [2.75, 3.05) is 5.32 Å². The van der Waals surface area contributed by atoms with Crippen molar-refractivity contribution in [3.63, 3.8) is 0 Å². The van der Waals surface area contributed by atoms with Crippen LogP contribution in [0.15, 0.2) is 71.2 Å². The van der Waals surface area contributed by atoms with E-state index in [4.69, 9.17) is 11.6 Å². The van der Waals surface area contributed by atoms with Crippen molar-refractivity contribution >= 4 is 39.1 Å². The Hall–Kier alpha value is -3.03. The lowest BCUT2D eigenvalue weighted by Crippen LogP contribution is -2.14. The highest BCUT2D eigenvalue weighted by atomic mass is 79.9. The summed E-state index contributed by atoms with van der Waals surface area (Å²) < 4.78 is 15.8. The predicted molar refractivity (Wildman–Crippen MR) is 119 cm³/mol. The molecule has 0 aliphatic carbocycles. The second kappa shape index (κ2) is 8.38. The van der Waals surface area contributed by atoms with Crippen molar-refractivity contribution in [2.24, 2.45) is 0 Å². The predicted octanol–water partition coefficient (Wildman–Crippen LogP) is 6.05. The maximum absolute atomic E-state index is 13.4. The molecule has 4 aromatic rings. The zero-order valence-corrected chi connectivity index (χ0v) is 18.1. The van der Waals surface area contributed by atoms with E-state index in [0.717, 1.165) is 10.0 Å². The van der Waals surface area contributed by atoms with Crippen LogP contribution in [0.4, 0.5) is 10.1 Å². The molecule has 1 aromatic heterocycles. The highest BCUT2D eigenvalue weighted by Crippen LogP contribution is 2.27. The van der Waals surface area contributed by atoms with Crippen LogP contribution in [0.3, 0.4) is 0 Å². The molecule has 1 heterocycles. The van der Waals surface area contributed by atoms with Crippen LogP contribution >= 0.6 is 27.5 Å². The van der Waals surface area contributed by atoms with Crippen LogP contribution in [-0.2, 0) is 0 Å². The van der Waals surface area contributed by atoms with E-state index in [1.165, 1.54) is 12.1 Å². The fraction of sp³-hybridized carbons (Fsp3) is 0.0455. The van der Waals surface area contributed by atoms with Gasteiger partial charge in [0.1, 0.15) is 5.82 Å². The van der Waals surface area contributed by atoms with Gasteiger partial charge in [0, 0.05) is 20.7 Å². The van der Waals surface area contributed by atoms with Crippen LogP contribution in [-0.4, -0.2) is 20.7 Å². The second-order valence-corrected chi connectivity index (χ2v) is 7.85. The van der Waals surface area contributed by atoms with E-state index < -0.39 is 5.91 Å². The molecule has 1 amide bonds. The summed E-state index contributed by atoms with van der Waals surface area (Å²) in [6.07, 6.45) is 0. The Balaban J connectivity index is 1.80. The van der Waals surface area contributed by atoms with Gasteiger partial charge in [0.15, 0.2) is 5.82 Å². The van der Waals surface area contributed by atoms with Gasteiger partial charge < -0.3 is 5.32 Å². The fourth-order valence-corrected chi connectivity index (χ4v) is 3.51. The molecule has 0 spiro atoms. The summed E-state index contributed by atoms with van der Waals surface area (Å²) in [4.78, 5) is 17.2. The maximum Gasteiger partial charge on any atom is 0.295 e. The van der Waals surface area contributed by atoms with Crippen LogP contribution in [0.2, 0.25) is 5.02 Å². The molecule has 1 N–H and O–H groups in total. The number of halogens is 3. The van der Waals surface area contributed by atoms with Crippen molar-refractivity contribution in [1.29, 1.82) is 0 Å². The molecule has 150 valence electrons. The van der Waals surface area contributed by atoms with Gasteiger partial charge in [0.25, 0.3) is 5.91 Å². The summed E-state index contributed by atoms with van der Waals surface area (Å²) in [5.74, 6) is -0.445. The summed E-state index contributed by atoms with van der Waals surface area (Å²) in [7, 11) is 0. The number of hydrogen-bond donors (Lipinski definition) is 1. The lowest BCUT2D eigenvalue weighted by molar-refractivity contribution is 0.101. The van der Waals surface area contributed by atoms with Gasteiger partial charge in [0.05, 0.1) is 5.69 Å². The lowest BCUT2D eigenvalue weighted by atomic mass is 10.1. The molecular formula is C22H15BrClFN4O. The number of aromatic nitrogens is 3. The molecular weight excluding hydrogens is 471 g/mol. The molecule has 0 aliphatic rings. The van der Waals surface area contributed by atoms with E-state index in [1.54, 1.807) is 41.1 Å². The first-order valence-corrected chi connectivity index (χ1v) is 10.1. The van der Waals surface area contributed by atoms with Gasteiger partial charge in [-0.3, -0.25) is 4.79 Å². The minimum Gasteiger partial charge on any atom is -0.319 e. The number of amides is 1. The number of rotatable bonds is 4. The minimum absolute atomic E-state index is 0.0197. The first kappa shape index (κ1) is 20.3. The van der Waals surface area contributed by atoms with Crippen LogP contribution in [0.5, 0.6) is 0 Å². The Morgan fingerprint density at radius 1 is 1.10 bits per heavy atom. The third-order valence-electron chi connectivity index (χ3n) is 4.46. The van der Waals surface area contributed by atoms with Gasteiger partial charge >= 0.3 is 0 Å². The Morgan fingerprint density at radius 2 is 1.83 bits per heavy atom. The molecule has 3 aromatic carbocycles. The SMILES string of the molecule is Cc1c(Cl)cccc1-n1nc(C(=O)Nc2cccc(Br)c2)nc1-c1ccc(F)cc1. The van der Waals surface area contributed by atoms with Crippen molar-refractivity contribution < 1.29 is 9.18 Å². The summed E-state index contributed by atoms with van der Waals surface area (Å²) in [6.45, 7) is 1.86. The number of hydrogen-bond acceptors (Lipinski definition) is 3. The molecule has 30 heavy (non-hydrogen) atoms. The first-order chi connectivity index (χ1) is 14.4. The number of carbonyl (C=O) groups excluding carboxylic acids is 1. The van der Waals surface area contributed by atoms with Gasteiger partial charge in [-0.05, 0) is 67.1 Å². The van der Waals surface area contributed by atoms with Crippen molar-refractivity contribution in [3.8, 4) is 17.1 Å². The normalized spacial score (nSPS) is 10.8. The van der Waals surface area contributed by atoms with Gasteiger partial charge in [-0.15, -0.1) is 5.10 Å².